The normalized spacial score (nSPS) is 23.6. The zero-order valence-corrected chi connectivity index (χ0v) is 46.9. The Morgan fingerprint density at radius 2 is 1.56 bits per heavy atom. The van der Waals surface area contributed by atoms with Crippen LogP contribution in [0.5, 0.6) is 0 Å². The largest absolute Gasteiger partial charge is 0.480 e. The number of carbonyl (C=O) groups is 6. The molecule has 17 atom stereocenters. The number of carboxylic acid groups (broad SMARTS) is 1. The second-order valence-corrected chi connectivity index (χ2v) is 21.4. The Bertz CT molecular complexity index is 2010. The lowest BCUT2D eigenvalue weighted by molar-refractivity contribution is -0.363. The summed E-state index contributed by atoms with van der Waals surface area (Å²) in [5, 5.41) is 80.8. The number of methoxy groups -OCH3 is 2. The summed E-state index contributed by atoms with van der Waals surface area (Å²) in [4.78, 5) is 91.4. The van der Waals surface area contributed by atoms with E-state index in [1.54, 1.807) is 82.8 Å². The van der Waals surface area contributed by atoms with Crippen LogP contribution in [0.25, 0.3) is 0 Å². The minimum absolute atomic E-state index is 0.0733. The highest BCUT2D eigenvalue weighted by molar-refractivity contribution is 5.90. The van der Waals surface area contributed by atoms with Crippen molar-refractivity contribution in [2.75, 3.05) is 54.6 Å². The molecule has 2 aliphatic heterocycles. The van der Waals surface area contributed by atoms with E-state index in [1.165, 1.54) is 26.0 Å². The van der Waals surface area contributed by atoms with Crippen molar-refractivity contribution in [2.24, 2.45) is 23.7 Å². The Hall–Kier alpha value is -4.44. The van der Waals surface area contributed by atoms with Crippen molar-refractivity contribution in [3.8, 4) is 0 Å². The van der Waals surface area contributed by atoms with Crippen LogP contribution in [-0.4, -0.2) is 232 Å². The van der Waals surface area contributed by atoms with Gasteiger partial charge in [-0.3, -0.25) is 34.1 Å². The number of aliphatic carboxylic acids is 1. The summed E-state index contributed by atoms with van der Waals surface area (Å²) >= 11 is 0. The van der Waals surface area contributed by atoms with Crippen molar-refractivity contribution in [1.29, 1.82) is 0 Å². The molecular formula is C53H90N6O18. The first kappa shape index (κ1) is 66.8. The van der Waals surface area contributed by atoms with E-state index >= 15 is 0 Å². The fourth-order valence-electron chi connectivity index (χ4n) is 10.7. The van der Waals surface area contributed by atoms with Crippen LogP contribution in [0.3, 0.4) is 0 Å². The Morgan fingerprint density at radius 1 is 0.909 bits per heavy atom. The summed E-state index contributed by atoms with van der Waals surface area (Å²) in [6.45, 7) is 12.4. The molecule has 0 spiro atoms. The van der Waals surface area contributed by atoms with Crippen LogP contribution in [0.1, 0.15) is 93.1 Å². The first-order chi connectivity index (χ1) is 36.3. The number of nitrogens with zero attached hydrogens (tertiary/aromatic N) is 3. The van der Waals surface area contributed by atoms with Crippen LogP contribution in [0.2, 0.25) is 0 Å². The summed E-state index contributed by atoms with van der Waals surface area (Å²) in [5.41, 5.74) is 0.738. The van der Waals surface area contributed by atoms with Gasteiger partial charge in [-0.25, -0.2) is 9.68 Å². The molecule has 17 unspecified atom stereocenters. The molecule has 440 valence electrons. The average Bonchev–Trinajstić information content (AvgIpc) is 3.88. The molecule has 2 aliphatic rings. The van der Waals surface area contributed by atoms with Gasteiger partial charge >= 0.3 is 5.97 Å². The molecule has 3 rings (SSSR count). The number of nitrogens with one attached hydrogen (secondary N) is 3. The van der Waals surface area contributed by atoms with Gasteiger partial charge in [0.15, 0.2) is 6.29 Å². The number of hydrogen-bond acceptors (Lipinski definition) is 18. The highest BCUT2D eigenvalue weighted by atomic mass is 17.1. The second-order valence-electron chi connectivity index (χ2n) is 21.4. The van der Waals surface area contributed by atoms with E-state index in [2.05, 4.69) is 20.8 Å². The van der Waals surface area contributed by atoms with Crippen LogP contribution in [0.4, 0.5) is 0 Å². The topological polar surface area (TPSA) is 336 Å². The molecule has 1 aromatic rings. The first-order valence-electron chi connectivity index (χ1n) is 26.7. The van der Waals surface area contributed by atoms with Crippen molar-refractivity contribution in [3.05, 3.63) is 35.9 Å². The van der Waals surface area contributed by atoms with Gasteiger partial charge in [0.1, 0.15) is 42.6 Å². The number of amides is 5. The van der Waals surface area contributed by atoms with E-state index in [4.69, 9.17) is 18.9 Å². The summed E-state index contributed by atoms with van der Waals surface area (Å²) in [5.74, 6) is -5.63. The third kappa shape index (κ3) is 18.3. The van der Waals surface area contributed by atoms with Gasteiger partial charge in [0.25, 0.3) is 0 Å². The van der Waals surface area contributed by atoms with E-state index in [0.29, 0.717) is 25.8 Å². The van der Waals surface area contributed by atoms with E-state index < -0.39 is 152 Å². The maximum atomic E-state index is 14.8. The molecule has 77 heavy (non-hydrogen) atoms. The van der Waals surface area contributed by atoms with Crippen LogP contribution >= 0.6 is 0 Å². The molecule has 24 heteroatoms. The van der Waals surface area contributed by atoms with Crippen LogP contribution < -0.4 is 16.0 Å². The van der Waals surface area contributed by atoms with Gasteiger partial charge in [0.05, 0.1) is 68.0 Å². The lowest BCUT2D eigenvalue weighted by Crippen LogP contribution is -2.62. The molecule has 2 fully saturated rings. The SMILES string of the molecule is CCC(C)C(C(CC(=O)N1CCCC1C(OC)C(C)C(=O)NC(Cc1ccccc1)C(=O)O)OC)N(C)C(=O)C(NC(=O)C(C(C)C)N(C)CC(NC(C)=O)C(O)C(OC1OC(CO)CC(OO)C1O)C(O)CO)C(C)C. The maximum absolute atomic E-state index is 14.8. The predicted octanol–water partition coefficient (Wildman–Crippen LogP) is -0.254. The first-order valence-corrected chi connectivity index (χ1v) is 26.7. The van der Waals surface area contributed by atoms with E-state index in [-0.39, 0.29) is 37.6 Å². The lowest BCUT2D eigenvalue weighted by atomic mass is 9.89. The fraction of sp³-hybridized carbons (Fsp3) is 0.774. The second kappa shape index (κ2) is 32.0. The van der Waals surface area contributed by atoms with Crippen molar-refractivity contribution >= 4 is 35.5 Å². The van der Waals surface area contributed by atoms with Crippen molar-refractivity contribution in [2.45, 2.75) is 185 Å². The van der Waals surface area contributed by atoms with Gasteiger partial charge in [0.2, 0.25) is 29.5 Å². The molecule has 0 aromatic heterocycles. The van der Waals surface area contributed by atoms with Crippen LogP contribution in [-0.2, 0) is 59.0 Å². The predicted molar refractivity (Wildman–Crippen MR) is 279 cm³/mol. The molecular weight excluding hydrogens is 1010 g/mol. The lowest BCUT2D eigenvalue weighted by Gasteiger charge is -2.42. The number of aliphatic hydroxyl groups excluding tert-OH is 5. The minimum atomic E-state index is -1.84. The van der Waals surface area contributed by atoms with Gasteiger partial charge in [-0.05, 0) is 43.2 Å². The van der Waals surface area contributed by atoms with E-state index in [0.717, 1.165) is 5.56 Å². The fourth-order valence-corrected chi connectivity index (χ4v) is 10.7. The molecule has 10 N–H and O–H groups in total. The Kier molecular flexibility index (Phi) is 27.8. The number of hydrogen-bond donors (Lipinski definition) is 10. The van der Waals surface area contributed by atoms with Gasteiger partial charge < -0.3 is 75.3 Å². The Morgan fingerprint density at radius 3 is 2.08 bits per heavy atom. The zero-order valence-electron chi connectivity index (χ0n) is 46.9. The van der Waals surface area contributed by atoms with Gasteiger partial charge in [-0.1, -0.05) is 85.2 Å². The van der Waals surface area contributed by atoms with Gasteiger partial charge in [0, 0.05) is 54.1 Å². The number of carbonyl (C=O) groups excluding carboxylic acids is 5. The average molecular weight is 1100 g/mol. The molecule has 2 saturated heterocycles. The Labute approximate surface area is 453 Å². The number of rotatable bonds is 32. The molecule has 0 radical (unpaired) electrons. The molecule has 1 aromatic carbocycles. The number of ether oxygens (including phenoxy) is 4. The number of likely N-dealkylation sites (tertiary alicyclic amines) is 1. The Balaban J connectivity index is 1.84. The molecule has 0 aliphatic carbocycles. The molecule has 2 heterocycles. The number of carboxylic acids is 1. The summed E-state index contributed by atoms with van der Waals surface area (Å²) in [6.07, 6.45) is -11.2. The van der Waals surface area contributed by atoms with Crippen LogP contribution in [0.15, 0.2) is 30.3 Å². The van der Waals surface area contributed by atoms with E-state index in [1.807, 2.05) is 19.9 Å². The molecule has 24 nitrogen and oxygen atoms in total. The molecule has 0 bridgehead atoms. The van der Waals surface area contributed by atoms with Crippen molar-refractivity contribution in [3.63, 3.8) is 0 Å². The molecule has 5 amide bonds. The number of likely N-dealkylation sites (N-methyl/N-ethyl adjacent to an activating group) is 2. The minimum Gasteiger partial charge on any atom is -0.480 e. The van der Waals surface area contributed by atoms with Crippen LogP contribution in [0, 0.1) is 23.7 Å². The standard InChI is InChI=1S/C53H90N6O18/c1-13-30(6)44(39(73-11)24-41(64)59-21-17-20-37(59)47(74-12)31(7)49(67)55-35(52(70)71)22-33-18-15-14-16-19-33)58(10)51(69)42(28(2)3)56-50(68)43(29(4)5)57(9)25-36(54-32(8)62)45(65)48(38(63)27-61)76-53-46(66)40(77-72)23-34(26-60)75-53/h14-16,18-19,28-31,34-40,42-48,53,60-61,63,65-66,72H,13,17,20-27H2,1-12H3,(H,54,62)(H,55,67)(H,56,68)(H,70,71). The van der Waals surface area contributed by atoms with Crippen molar-refractivity contribution in [1.82, 2.24) is 30.7 Å². The summed E-state index contributed by atoms with van der Waals surface area (Å²) in [6, 6.07) is 3.13. The monoisotopic (exact) mass is 1100 g/mol. The number of benzene rings is 1. The maximum Gasteiger partial charge on any atom is 0.326 e. The third-order valence-electron chi connectivity index (χ3n) is 15.1. The highest BCUT2D eigenvalue weighted by Crippen LogP contribution is 2.31. The summed E-state index contributed by atoms with van der Waals surface area (Å²) in [7, 11) is 6.07. The number of aliphatic hydroxyl groups is 5. The van der Waals surface area contributed by atoms with Gasteiger partial charge in [-0.15, -0.1) is 0 Å². The highest BCUT2D eigenvalue weighted by Gasteiger charge is 2.47. The van der Waals surface area contributed by atoms with Crippen molar-refractivity contribution < 1.29 is 88.5 Å². The quantitative estimate of drug-likeness (QED) is 0.0328. The smallest absolute Gasteiger partial charge is 0.326 e. The summed E-state index contributed by atoms with van der Waals surface area (Å²) < 4.78 is 23.3. The molecule has 0 saturated carbocycles. The van der Waals surface area contributed by atoms with E-state index in [9.17, 15) is 64.7 Å². The zero-order chi connectivity index (χ0) is 58.0. The van der Waals surface area contributed by atoms with Gasteiger partial charge in [-0.2, -0.15) is 0 Å². The third-order valence-corrected chi connectivity index (χ3v) is 15.1.